The van der Waals surface area contributed by atoms with Crippen LogP contribution in [0.5, 0.6) is 0 Å². The monoisotopic (exact) mass is 279 g/mol. The zero-order chi connectivity index (χ0) is 14.0. The average molecular weight is 279 g/mol. The maximum absolute atomic E-state index is 12.1. The van der Waals surface area contributed by atoms with Gasteiger partial charge in [0.1, 0.15) is 10.8 Å². The minimum Gasteiger partial charge on any atom is -0.469 e. The summed E-state index contributed by atoms with van der Waals surface area (Å²) in [5.74, 6) is -0.243. The van der Waals surface area contributed by atoms with Gasteiger partial charge in [0.25, 0.3) is 5.91 Å². The van der Waals surface area contributed by atoms with E-state index in [1.807, 2.05) is 6.92 Å². The van der Waals surface area contributed by atoms with Gasteiger partial charge in [-0.15, -0.1) is 11.3 Å². The molecule has 2 rings (SSSR count). The van der Waals surface area contributed by atoms with Crippen molar-refractivity contribution >= 4 is 28.2 Å². The van der Waals surface area contributed by atoms with Gasteiger partial charge in [-0.25, -0.2) is 4.79 Å². The Morgan fingerprint density at radius 1 is 1.32 bits per heavy atom. The van der Waals surface area contributed by atoms with E-state index in [4.69, 9.17) is 4.42 Å². The van der Waals surface area contributed by atoms with Crippen LogP contribution in [-0.2, 0) is 4.74 Å². The Morgan fingerprint density at radius 2 is 2.05 bits per heavy atom. The van der Waals surface area contributed by atoms with Gasteiger partial charge in [-0.05, 0) is 26.0 Å². The Bertz CT molecular complexity index is 626. The molecule has 2 aromatic heterocycles. The van der Waals surface area contributed by atoms with Crippen LogP contribution in [0.2, 0.25) is 0 Å². The maximum atomic E-state index is 12.1. The van der Waals surface area contributed by atoms with E-state index in [1.54, 1.807) is 19.1 Å². The Kier molecular flexibility index (Phi) is 3.71. The molecule has 0 aromatic carbocycles. The van der Waals surface area contributed by atoms with E-state index < -0.39 is 5.97 Å². The lowest BCUT2D eigenvalue weighted by molar-refractivity contribution is 0.0602. The van der Waals surface area contributed by atoms with E-state index in [0.717, 1.165) is 4.88 Å². The van der Waals surface area contributed by atoms with Crippen molar-refractivity contribution < 1.29 is 18.7 Å². The van der Waals surface area contributed by atoms with E-state index in [0.29, 0.717) is 21.9 Å². The SMILES string of the molecule is COC(=O)c1cc(C)sc1NC(=O)c1ccoc1C. The summed E-state index contributed by atoms with van der Waals surface area (Å²) in [5, 5.41) is 3.19. The summed E-state index contributed by atoms with van der Waals surface area (Å²) in [4.78, 5) is 24.6. The second-order valence-electron chi connectivity index (χ2n) is 3.94. The molecule has 0 saturated heterocycles. The molecule has 1 N–H and O–H groups in total. The fraction of sp³-hybridized carbons (Fsp3) is 0.231. The first kappa shape index (κ1) is 13.4. The van der Waals surface area contributed by atoms with Crippen molar-refractivity contribution in [1.82, 2.24) is 0 Å². The number of rotatable bonds is 3. The summed E-state index contributed by atoms with van der Waals surface area (Å²) in [7, 11) is 1.31. The van der Waals surface area contributed by atoms with E-state index in [9.17, 15) is 9.59 Å². The number of anilines is 1. The van der Waals surface area contributed by atoms with Crippen LogP contribution in [-0.4, -0.2) is 19.0 Å². The predicted octanol–water partition coefficient (Wildman–Crippen LogP) is 3.00. The van der Waals surface area contributed by atoms with Crippen LogP contribution in [0.15, 0.2) is 22.8 Å². The molecule has 0 saturated carbocycles. The van der Waals surface area contributed by atoms with Crippen LogP contribution in [0.3, 0.4) is 0 Å². The number of methoxy groups -OCH3 is 1. The average Bonchev–Trinajstić information content (AvgIpc) is 2.94. The topological polar surface area (TPSA) is 68.5 Å². The molecule has 1 amide bonds. The number of carbonyl (C=O) groups excluding carboxylic acids is 2. The molecule has 0 aliphatic heterocycles. The van der Waals surface area contributed by atoms with Gasteiger partial charge in [-0.3, -0.25) is 4.79 Å². The lowest BCUT2D eigenvalue weighted by atomic mass is 10.2. The molecule has 0 atom stereocenters. The molecule has 0 radical (unpaired) electrons. The van der Waals surface area contributed by atoms with Crippen molar-refractivity contribution in [1.29, 1.82) is 0 Å². The first-order valence-corrected chi connectivity index (χ1v) is 6.38. The zero-order valence-electron chi connectivity index (χ0n) is 10.8. The minimum atomic E-state index is -0.469. The van der Waals surface area contributed by atoms with E-state index in [1.165, 1.54) is 24.7 Å². The quantitative estimate of drug-likeness (QED) is 0.877. The second-order valence-corrected chi connectivity index (χ2v) is 5.19. The molecule has 0 aliphatic carbocycles. The molecule has 19 heavy (non-hydrogen) atoms. The second kappa shape index (κ2) is 5.27. The fourth-order valence-electron chi connectivity index (χ4n) is 1.66. The molecule has 0 aliphatic rings. The predicted molar refractivity (Wildman–Crippen MR) is 71.8 cm³/mol. The van der Waals surface area contributed by atoms with Gasteiger partial charge in [0.15, 0.2) is 0 Å². The smallest absolute Gasteiger partial charge is 0.340 e. The highest BCUT2D eigenvalue weighted by Crippen LogP contribution is 2.28. The summed E-state index contributed by atoms with van der Waals surface area (Å²) in [6.07, 6.45) is 1.45. The van der Waals surface area contributed by atoms with E-state index in [-0.39, 0.29) is 5.91 Å². The highest BCUT2D eigenvalue weighted by molar-refractivity contribution is 7.16. The molecular formula is C13H13NO4S. The number of hydrogen-bond acceptors (Lipinski definition) is 5. The molecule has 2 aromatic rings. The normalized spacial score (nSPS) is 10.3. The standard InChI is InChI=1S/C13H13NO4S/c1-7-6-10(13(16)17-3)12(19-7)14-11(15)9-4-5-18-8(9)2/h4-6H,1-3H3,(H,14,15). The summed E-state index contributed by atoms with van der Waals surface area (Å²) >= 11 is 1.33. The molecule has 6 heteroatoms. The van der Waals surface area contributed by atoms with Crippen molar-refractivity contribution in [3.05, 3.63) is 40.2 Å². The van der Waals surface area contributed by atoms with Gasteiger partial charge in [-0.1, -0.05) is 0 Å². The molecule has 0 fully saturated rings. The number of aryl methyl sites for hydroxylation is 2. The molecular weight excluding hydrogens is 266 g/mol. The molecule has 0 unspecified atom stereocenters. The van der Waals surface area contributed by atoms with Gasteiger partial charge >= 0.3 is 5.97 Å². The number of furan rings is 1. The molecule has 0 spiro atoms. The number of thiophene rings is 1. The zero-order valence-corrected chi connectivity index (χ0v) is 11.6. The van der Waals surface area contributed by atoms with Crippen LogP contribution in [0.25, 0.3) is 0 Å². The third-order valence-corrected chi connectivity index (χ3v) is 3.56. The number of esters is 1. The van der Waals surface area contributed by atoms with Crippen LogP contribution in [0.4, 0.5) is 5.00 Å². The van der Waals surface area contributed by atoms with Crippen LogP contribution >= 0.6 is 11.3 Å². The van der Waals surface area contributed by atoms with Crippen molar-refractivity contribution in [3.63, 3.8) is 0 Å². The summed E-state index contributed by atoms with van der Waals surface area (Å²) in [6.45, 7) is 3.56. The fourth-order valence-corrected chi connectivity index (χ4v) is 2.55. The summed E-state index contributed by atoms with van der Waals surface area (Å²) in [6, 6.07) is 3.28. The van der Waals surface area contributed by atoms with E-state index >= 15 is 0 Å². The van der Waals surface area contributed by atoms with Crippen molar-refractivity contribution in [3.8, 4) is 0 Å². The molecule has 100 valence electrons. The largest absolute Gasteiger partial charge is 0.469 e. The lowest BCUT2D eigenvalue weighted by Gasteiger charge is -2.04. The minimum absolute atomic E-state index is 0.307. The first-order valence-electron chi connectivity index (χ1n) is 5.57. The van der Waals surface area contributed by atoms with Gasteiger partial charge in [-0.2, -0.15) is 0 Å². The van der Waals surface area contributed by atoms with Gasteiger partial charge in [0, 0.05) is 4.88 Å². The first-order chi connectivity index (χ1) is 9.02. The van der Waals surface area contributed by atoms with Crippen LogP contribution in [0, 0.1) is 13.8 Å². The highest BCUT2D eigenvalue weighted by Gasteiger charge is 2.19. The number of carbonyl (C=O) groups is 2. The van der Waals surface area contributed by atoms with Crippen LogP contribution < -0.4 is 5.32 Å². The van der Waals surface area contributed by atoms with Crippen LogP contribution in [0.1, 0.15) is 31.4 Å². The number of hydrogen-bond donors (Lipinski definition) is 1. The Morgan fingerprint density at radius 3 is 2.63 bits per heavy atom. The van der Waals surface area contributed by atoms with Gasteiger partial charge < -0.3 is 14.5 Å². The Hall–Kier alpha value is -2.08. The third-order valence-electron chi connectivity index (χ3n) is 2.59. The molecule has 2 heterocycles. The Labute approximate surface area is 114 Å². The number of nitrogens with one attached hydrogen (secondary N) is 1. The molecule has 5 nitrogen and oxygen atoms in total. The van der Waals surface area contributed by atoms with E-state index in [2.05, 4.69) is 10.1 Å². The summed E-state index contributed by atoms with van der Waals surface area (Å²) in [5.41, 5.74) is 0.807. The molecule has 0 bridgehead atoms. The number of ether oxygens (including phenoxy) is 1. The lowest BCUT2D eigenvalue weighted by Crippen LogP contribution is -2.13. The van der Waals surface area contributed by atoms with Gasteiger partial charge in [0.2, 0.25) is 0 Å². The third kappa shape index (κ3) is 2.68. The number of amides is 1. The Balaban J connectivity index is 2.27. The van der Waals surface area contributed by atoms with Crippen molar-refractivity contribution in [2.75, 3.05) is 12.4 Å². The summed E-state index contributed by atoms with van der Waals surface area (Å²) < 4.78 is 9.76. The van der Waals surface area contributed by atoms with Gasteiger partial charge in [0.05, 0.1) is 24.5 Å². The van der Waals surface area contributed by atoms with Crippen molar-refractivity contribution in [2.24, 2.45) is 0 Å². The highest BCUT2D eigenvalue weighted by atomic mass is 32.1. The maximum Gasteiger partial charge on any atom is 0.340 e. The van der Waals surface area contributed by atoms with Crippen molar-refractivity contribution in [2.45, 2.75) is 13.8 Å².